The van der Waals surface area contributed by atoms with Gasteiger partial charge < -0.3 is 28.6 Å². The van der Waals surface area contributed by atoms with Crippen molar-refractivity contribution in [3.63, 3.8) is 0 Å². The molecule has 2 aliphatic heterocycles. The topological polar surface area (TPSA) is 113 Å². The molecule has 1 N–H and O–H groups in total. The van der Waals surface area contributed by atoms with Gasteiger partial charge in [0.1, 0.15) is 23.0 Å². The molecular formula is C30H23NO8. The van der Waals surface area contributed by atoms with E-state index in [0.29, 0.717) is 33.9 Å². The highest BCUT2D eigenvalue weighted by molar-refractivity contribution is 6.15. The van der Waals surface area contributed by atoms with E-state index in [1.165, 1.54) is 0 Å². The molecule has 0 spiro atoms. The Balaban J connectivity index is 1.44. The second kappa shape index (κ2) is 9.36. The number of esters is 1. The van der Waals surface area contributed by atoms with Crippen molar-refractivity contribution in [3.8, 4) is 23.0 Å². The van der Waals surface area contributed by atoms with Gasteiger partial charge in [0.25, 0.3) is 0 Å². The zero-order valence-corrected chi connectivity index (χ0v) is 21.1. The summed E-state index contributed by atoms with van der Waals surface area (Å²) in [6.45, 7) is -0.536. The van der Waals surface area contributed by atoms with Crippen LogP contribution in [-0.4, -0.2) is 41.1 Å². The molecule has 39 heavy (non-hydrogen) atoms. The molecule has 1 atom stereocenters. The third-order valence-electron chi connectivity index (χ3n) is 6.94. The van der Waals surface area contributed by atoms with E-state index in [-0.39, 0.29) is 23.7 Å². The minimum absolute atomic E-state index is 0.0311. The number of methoxy groups -OCH3 is 1. The van der Waals surface area contributed by atoms with E-state index in [4.69, 9.17) is 24.1 Å². The number of carboxylic acid groups (broad SMARTS) is 1. The number of ketones is 1. The molecular weight excluding hydrogens is 502 g/mol. The highest BCUT2D eigenvalue weighted by Gasteiger charge is 2.39. The predicted octanol–water partition coefficient (Wildman–Crippen LogP) is 4.71. The highest BCUT2D eigenvalue weighted by atomic mass is 16.5. The van der Waals surface area contributed by atoms with E-state index in [0.717, 1.165) is 16.5 Å². The van der Waals surface area contributed by atoms with E-state index < -0.39 is 24.5 Å². The number of aliphatic carboxylic acids is 1. The van der Waals surface area contributed by atoms with Crippen molar-refractivity contribution in [1.29, 1.82) is 0 Å². The predicted molar refractivity (Wildman–Crippen MR) is 141 cm³/mol. The Morgan fingerprint density at radius 1 is 1.13 bits per heavy atom. The van der Waals surface area contributed by atoms with Crippen LogP contribution in [0.3, 0.4) is 0 Å². The lowest BCUT2D eigenvalue weighted by atomic mass is 9.84. The van der Waals surface area contributed by atoms with Gasteiger partial charge in [-0.2, -0.15) is 0 Å². The molecule has 0 amide bonds. The monoisotopic (exact) mass is 525 g/mol. The van der Waals surface area contributed by atoms with Crippen LogP contribution in [0, 0.1) is 0 Å². The van der Waals surface area contributed by atoms with Crippen molar-refractivity contribution >= 4 is 34.7 Å². The summed E-state index contributed by atoms with van der Waals surface area (Å²) in [6, 6.07) is 15.8. The summed E-state index contributed by atoms with van der Waals surface area (Å²) >= 11 is 0. The SMILES string of the molecule is COc1ccc2c(c1)c(/C=C1\Oc3c(ccc4c3C(c3ccccc3OCC(=O)O)CC(=O)O4)C1=O)cn2C. The molecule has 0 bridgehead atoms. The minimum Gasteiger partial charge on any atom is -0.497 e. The summed E-state index contributed by atoms with van der Waals surface area (Å²) in [5.41, 5.74) is 3.24. The van der Waals surface area contributed by atoms with Crippen LogP contribution in [0.15, 0.2) is 66.6 Å². The summed E-state index contributed by atoms with van der Waals surface area (Å²) in [6.07, 6.45) is 3.58. The first-order chi connectivity index (χ1) is 18.8. The third-order valence-corrected chi connectivity index (χ3v) is 6.94. The second-order valence-corrected chi connectivity index (χ2v) is 9.32. The van der Waals surface area contributed by atoms with Crippen LogP contribution >= 0.6 is 0 Å². The summed E-state index contributed by atoms with van der Waals surface area (Å²) in [4.78, 5) is 37.2. The smallest absolute Gasteiger partial charge is 0.341 e. The van der Waals surface area contributed by atoms with Gasteiger partial charge in [-0.3, -0.25) is 9.59 Å². The summed E-state index contributed by atoms with van der Waals surface area (Å²) in [7, 11) is 3.52. The van der Waals surface area contributed by atoms with E-state index in [9.17, 15) is 14.4 Å². The third kappa shape index (κ3) is 4.17. The van der Waals surface area contributed by atoms with Crippen LogP contribution in [0.1, 0.15) is 39.4 Å². The van der Waals surface area contributed by atoms with Crippen molar-refractivity contribution in [3.05, 3.63) is 88.8 Å². The lowest BCUT2D eigenvalue weighted by Crippen LogP contribution is -2.22. The lowest BCUT2D eigenvalue weighted by molar-refractivity contribution is -0.139. The number of para-hydroxylation sites is 1. The zero-order chi connectivity index (χ0) is 27.3. The van der Waals surface area contributed by atoms with E-state index >= 15 is 0 Å². The summed E-state index contributed by atoms with van der Waals surface area (Å²) in [5.74, 6) is -0.687. The molecule has 3 heterocycles. The molecule has 0 fully saturated rings. The number of nitrogens with zero attached hydrogens (tertiary/aromatic N) is 1. The number of hydrogen-bond acceptors (Lipinski definition) is 7. The number of carbonyl (C=O) groups is 3. The van der Waals surface area contributed by atoms with E-state index in [1.807, 2.05) is 36.0 Å². The Hall–Kier alpha value is -5.05. The van der Waals surface area contributed by atoms with Crippen LogP contribution in [0.2, 0.25) is 0 Å². The van der Waals surface area contributed by atoms with Crippen molar-refractivity contribution in [1.82, 2.24) is 4.57 Å². The number of aryl methyl sites for hydroxylation is 1. The van der Waals surface area contributed by atoms with Crippen LogP contribution in [0.5, 0.6) is 23.0 Å². The number of benzene rings is 3. The van der Waals surface area contributed by atoms with Gasteiger partial charge in [0.2, 0.25) is 5.78 Å². The Morgan fingerprint density at radius 3 is 2.74 bits per heavy atom. The van der Waals surface area contributed by atoms with Gasteiger partial charge in [0.15, 0.2) is 12.4 Å². The Morgan fingerprint density at radius 2 is 1.95 bits per heavy atom. The van der Waals surface area contributed by atoms with Crippen LogP contribution < -0.4 is 18.9 Å². The fraction of sp³-hybridized carbons (Fsp3) is 0.167. The number of allylic oxidation sites excluding steroid dienone is 1. The molecule has 9 nitrogen and oxygen atoms in total. The molecule has 6 rings (SSSR count). The molecule has 9 heteroatoms. The Labute approximate surface area is 222 Å². The molecule has 0 radical (unpaired) electrons. The van der Waals surface area contributed by atoms with Gasteiger partial charge >= 0.3 is 11.9 Å². The van der Waals surface area contributed by atoms with E-state index in [1.54, 1.807) is 49.6 Å². The quantitative estimate of drug-likeness (QED) is 0.219. The molecule has 0 saturated heterocycles. The number of aromatic nitrogens is 1. The molecule has 2 aliphatic rings. The first kappa shape index (κ1) is 24.3. The van der Waals surface area contributed by atoms with Gasteiger partial charge in [-0.15, -0.1) is 0 Å². The maximum atomic E-state index is 13.5. The highest BCUT2D eigenvalue weighted by Crippen LogP contribution is 2.50. The fourth-order valence-electron chi connectivity index (χ4n) is 5.20. The average molecular weight is 526 g/mol. The van der Waals surface area contributed by atoms with Crippen LogP contribution in [-0.2, 0) is 16.6 Å². The number of fused-ring (bicyclic) bond motifs is 4. The normalized spacial score (nSPS) is 17.0. The van der Waals surface area contributed by atoms with Crippen LogP contribution in [0.25, 0.3) is 17.0 Å². The first-order valence-electron chi connectivity index (χ1n) is 12.2. The number of ether oxygens (including phenoxy) is 4. The van der Waals surface area contributed by atoms with E-state index in [2.05, 4.69) is 0 Å². The molecule has 3 aromatic carbocycles. The number of carboxylic acids is 1. The standard InChI is InChI=1S/C30H23NO8/c1-31-14-16(20-12-17(36-2)7-9-22(20)31)11-25-29(35)19-8-10-24-28(30(19)39-25)21(13-27(34)38-24)18-5-3-4-6-23(18)37-15-26(32)33/h3-12,14,21H,13,15H2,1-2H3,(H,32,33)/b25-11-. The maximum Gasteiger partial charge on any atom is 0.341 e. The number of hydrogen-bond donors (Lipinski definition) is 1. The Kier molecular flexibility index (Phi) is 5.83. The summed E-state index contributed by atoms with van der Waals surface area (Å²) < 4.78 is 24.6. The molecule has 4 aromatic rings. The molecule has 1 aromatic heterocycles. The molecule has 1 unspecified atom stereocenters. The number of Topliss-reactive ketones (excluding diaryl/α,β-unsaturated/α-hetero) is 1. The molecule has 196 valence electrons. The Bertz CT molecular complexity index is 1710. The second-order valence-electron chi connectivity index (χ2n) is 9.32. The number of carbonyl (C=O) groups excluding carboxylic acids is 2. The van der Waals surface area contributed by atoms with Crippen molar-refractivity contribution in [2.24, 2.45) is 7.05 Å². The largest absolute Gasteiger partial charge is 0.497 e. The minimum atomic E-state index is -1.12. The fourth-order valence-corrected chi connectivity index (χ4v) is 5.20. The van der Waals surface area contributed by atoms with Gasteiger partial charge in [-0.25, -0.2) is 4.79 Å². The van der Waals surface area contributed by atoms with Crippen LogP contribution in [0.4, 0.5) is 0 Å². The molecule has 0 saturated carbocycles. The zero-order valence-electron chi connectivity index (χ0n) is 21.1. The average Bonchev–Trinajstić information content (AvgIpc) is 3.42. The van der Waals surface area contributed by atoms with Gasteiger partial charge in [-0.1, -0.05) is 18.2 Å². The summed E-state index contributed by atoms with van der Waals surface area (Å²) in [5, 5.41) is 10.0. The van der Waals surface area contributed by atoms with Crippen molar-refractivity contribution in [2.45, 2.75) is 12.3 Å². The lowest BCUT2D eigenvalue weighted by Gasteiger charge is -2.27. The van der Waals surface area contributed by atoms with Gasteiger partial charge in [-0.05, 0) is 42.5 Å². The first-order valence-corrected chi connectivity index (χ1v) is 12.2. The maximum absolute atomic E-state index is 13.5. The molecule has 0 aliphatic carbocycles. The number of rotatable bonds is 6. The van der Waals surface area contributed by atoms with Crippen molar-refractivity contribution < 1.29 is 38.4 Å². The van der Waals surface area contributed by atoms with Gasteiger partial charge in [0.05, 0.1) is 19.1 Å². The van der Waals surface area contributed by atoms with Crippen molar-refractivity contribution in [2.75, 3.05) is 13.7 Å². The van der Waals surface area contributed by atoms with Gasteiger partial charge in [0, 0.05) is 46.8 Å².